The minimum Gasteiger partial charge on any atom is -0.400 e. The van der Waals surface area contributed by atoms with Gasteiger partial charge in [0.25, 0.3) is 5.56 Å². The molecule has 0 saturated carbocycles. The lowest BCUT2D eigenvalue weighted by atomic mass is 10.1. The lowest BCUT2D eigenvalue weighted by Gasteiger charge is -2.18. The van der Waals surface area contributed by atoms with Gasteiger partial charge in [-0.3, -0.25) is 23.9 Å². The van der Waals surface area contributed by atoms with E-state index in [0.717, 1.165) is 27.4 Å². The van der Waals surface area contributed by atoms with Gasteiger partial charge in [-0.25, -0.2) is 9.36 Å². The van der Waals surface area contributed by atoms with Crippen molar-refractivity contribution >= 4 is 27.6 Å². The van der Waals surface area contributed by atoms with Crippen LogP contribution in [0.3, 0.4) is 0 Å². The van der Waals surface area contributed by atoms with E-state index in [0.29, 0.717) is 5.69 Å². The van der Waals surface area contributed by atoms with Crippen molar-refractivity contribution in [3.8, 4) is 11.1 Å². The zero-order valence-electron chi connectivity index (χ0n) is 21.3. The second-order valence-electron chi connectivity index (χ2n) is 7.35. The Balaban J connectivity index is 0.00000153. The number of ether oxygens (including phenoxy) is 1. The highest BCUT2D eigenvalue weighted by molar-refractivity contribution is 7.16. The van der Waals surface area contributed by atoms with Crippen molar-refractivity contribution in [1.29, 1.82) is 0 Å². The van der Waals surface area contributed by atoms with Crippen molar-refractivity contribution in [2.75, 3.05) is 13.7 Å². The highest BCUT2D eigenvalue weighted by atomic mass is 31.1. The van der Waals surface area contributed by atoms with Crippen LogP contribution >= 0.6 is 27.6 Å². The Morgan fingerprint density at radius 3 is 2.25 bits per heavy atom. The van der Waals surface area contributed by atoms with Gasteiger partial charge in [0.15, 0.2) is 6.23 Å². The maximum Gasteiger partial charge on any atom is 0.333 e. The summed E-state index contributed by atoms with van der Waals surface area (Å²) < 4.78 is 16.1. The quantitative estimate of drug-likeness (QED) is 0.161. The van der Waals surface area contributed by atoms with Crippen LogP contribution in [0.25, 0.3) is 11.1 Å². The number of hydrogen-bond acceptors (Lipinski definition) is 12. The Morgan fingerprint density at radius 2 is 1.68 bits per heavy atom. The van der Waals surface area contributed by atoms with Crippen LogP contribution in [0, 0.1) is 0 Å². The van der Waals surface area contributed by atoms with Crippen LogP contribution in [0.4, 0.5) is 0 Å². The molecular weight excluding hydrogens is 589 g/mol. The number of aliphatic hydroxyl groups is 4. The zero-order chi connectivity index (χ0) is 30.7. The van der Waals surface area contributed by atoms with Crippen LogP contribution in [-0.4, -0.2) is 86.2 Å². The lowest BCUT2D eigenvalue weighted by Crippen LogP contribution is -2.43. The summed E-state index contributed by atoms with van der Waals surface area (Å²) in [7, 11) is 3.00. The number of pyridine rings is 2. The van der Waals surface area contributed by atoms with Crippen molar-refractivity contribution < 1.29 is 44.4 Å². The topological polar surface area (TPSA) is 238 Å². The molecule has 0 bridgehead atoms. The molecule has 1 aliphatic rings. The monoisotopic (exact) mass is 622 g/mol. The molecule has 0 spiro atoms. The van der Waals surface area contributed by atoms with E-state index in [-0.39, 0.29) is 19.6 Å². The summed E-state index contributed by atoms with van der Waals surface area (Å²) in [5.74, 6) is 0. The van der Waals surface area contributed by atoms with Crippen LogP contribution in [0.5, 0.6) is 0 Å². The predicted octanol–water partition coefficient (Wildman–Crippen LogP) is -1.15. The highest BCUT2D eigenvalue weighted by Gasteiger charge is 2.43. The lowest BCUT2D eigenvalue weighted by molar-refractivity contribution is -0.0458. The van der Waals surface area contributed by atoms with Crippen LogP contribution in [-0.2, 0) is 15.8 Å². The minimum absolute atomic E-state index is 0.0853. The van der Waals surface area contributed by atoms with Gasteiger partial charge in [0.05, 0.1) is 18.3 Å². The maximum absolute atomic E-state index is 13.0. The maximum atomic E-state index is 13.0. The molecule has 0 amide bonds. The normalized spacial score (nSPS) is 18.9. The predicted molar refractivity (Wildman–Crippen MR) is 151 cm³/mol. The van der Waals surface area contributed by atoms with E-state index in [4.69, 9.17) is 34.2 Å². The fraction of sp³-hybridized carbons (Fsp3) is 0.364. The van der Waals surface area contributed by atoms with Gasteiger partial charge in [0, 0.05) is 50.1 Å². The second kappa shape index (κ2) is 21.4. The molecule has 18 heteroatoms. The van der Waals surface area contributed by atoms with Gasteiger partial charge in [0.1, 0.15) is 12.2 Å². The van der Waals surface area contributed by atoms with Crippen molar-refractivity contribution in [3.05, 3.63) is 81.7 Å². The summed E-state index contributed by atoms with van der Waals surface area (Å²) in [5.41, 5.74) is 0.961. The Hall–Kier alpha value is -2.38. The third-order valence-corrected chi connectivity index (χ3v) is 5.25. The molecule has 1 saturated heterocycles. The minimum atomic E-state index is -1.38. The third-order valence-electron chi connectivity index (χ3n) is 5.25. The average molecular weight is 622 g/mol. The molecular formula is C22H33N4O11P3. The van der Waals surface area contributed by atoms with Crippen LogP contribution < -0.4 is 11.2 Å². The van der Waals surface area contributed by atoms with Gasteiger partial charge >= 0.3 is 14.4 Å². The van der Waals surface area contributed by atoms with Gasteiger partial charge in [-0.1, -0.05) is 6.07 Å². The molecule has 1 fully saturated rings. The standard InChI is InChI=1S/C21H22N4O6.CH4O.HO2P.2H3OP/c26-9-5-16-18(28)19(29)20(31-16)24-8-4-17(27)25(21(24)30)12-15-10-13(3-7-23-15)14-2-1-6-22-11-14;1-2;1-3-2;2*1-2/h1-4,6-8,10-11,16,18-20,26,28-29H,5,9,12H2;2H,1H3;(H,1,2);2*1H,2H2. The number of aromatic nitrogens is 4. The van der Waals surface area contributed by atoms with Gasteiger partial charge in [-0.15, -0.1) is 0 Å². The van der Waals surface area contributed by atoms with Crippen molar-refractivity contribution in [3.63, 3.8) is 0 Å². The zero-order valence-corrected chi connectivity index (χ0v) is 24.5. The van der Waals surface area contributed by atoms with Gasteiger partial charge in [0.2, 0.25) is 0 Å². The van der Waals surface area contributed by atoms with E-state index >= 15 is 0 Å². The Morgan fingerprint density at radius 1 is 1.02 bits per heavy atom. The summed E-state index contributed by atoms with van der Waals surface area (Å²) >= 11 is 0. The first-order chi connectivity index (χ1) is 19.4. The molecule has 0 aliphatic carbocycles. The highest BCUT2D eigenvalue weighted by Crippen LogP contribution is 2.29. The molecule has 15 nitrogen and oxygen atoms in total. The molecule has 0 radical (unpaired) electrons. The summed E-state index contributed by atoms with van der Waals surface area (Å²) in [4.78, 5) is 54.6. The van der Waals surface area contributed by atoms with Gasteiger partial charge in [-0.05, 0) is 49.1 Å². The Bertz CT molecular complexity index is 1230. The van der Waals surface area contributed by atoms with E-state index in [1.807, 2.05) is 6.07 Å². The largest absolute Gasteiger partial charge is 0.400 e. The average Bonchev–Trinajstić information content (AvgIpc) is 3.28. The summed E-state index contributed by atoms with van der Waals surface area (Å²) in [6, 6.07) is 8.45. The SMILES string of the molecule is CO.O=PO.O=c1ccn(C2OC(CCO)C(O)C2O)c(=O)n1Cc1cc(-c2cccnc2)ccn1.OP.OP. The molecule has 7 N–H and O–H groups in total. The third kappa shape index (κ3) is 10.5. The molecule has 3 aromatic rings. The van der Waals surface area contributed by atoms with Gasteiger partial charge < -0.3 is 39.8 Å². The number of hydrogen-bond donors (Lipinski definition) is 7. The molecule has 6 atom stereocenters. The molecule has 222 valence electrons. The molecule has 4 heterocycles. The number of rotatable bonds is 6. The molecule has 0 aromatic carbocycles. The van der Waals surface area contributed by atoms with E-state index < -0.39 is 44.5 Å². The first-order valence-electron chi connectivity index (χ1n) is 11.1. The first kappa shape index (κ1) is 37.6. The molecule has 6 unspecified atom stereocenters. The van der Waals surface area contributed by atoms with Crippen molar-refractivity contribution in [1.82, 2.24) is 19.1 Å². The Kier molecular flexibility index (Phi) is 20.1. The van der Waals surface area contributed by atoms with Crippen LogP contribution in [0.1, 0.15) is 18.3 Å². The van der Waals surface area contributed by atoms with Crippen LogP contribution in [0.2, 0.25) is 0 Å². The van der Waals surface area contributed by atoms with E-state index in [1.165, 1.54) is 31.2 Å². The summed E-state index contributed by atoms with van der Waals surface area (Å²) in [6.07, 6.45) is 1.64. The van der Waals surface area contributed by atoms with Crippen LogP contribution in [0.15, 0.2) is 64.7 Å². The van der Waals surface area contributed by atoms with Crippen molar-refractivity contribution in [2.45, 2.75) is 37.5 Å². The molecule has 40 heavy (non-hydrogen) atoms. The number of aliphatic hydroxyl groups excluding tert-OH is 4. The van der Waals surface area contributed by atoms with E-state index in [1.54, 1.807) is 36.8 Å². The second-order valence-corrected chi connectivity index (χ2v) is 7.51. The fourth-order valence-electron chi connectivity index (χ4n) is 3.64. The summed E-state index contributed by atoms with van der Waals surface area (Å²) in [5, 5.41) is 36.5. The van der Waals surface area contributed by atoms with E-state index in [9.17, 15) is 19.8 Å². The first-order valence-corrected chi connectivity index (χ1v) is 12.9. The molecule has 1 aliphatic heterocycles. The van der Waals surface area contributed by atoms with E-state index in [2.05, 4.69) is 9.97 Å². The molecule has 4 rings (SSSR count). The smallest absolute Gasteiger partial charge is 0.333 e. The van der Waals surface area contributed by atoms with Gasteiger partial charge in [-0.2, -0.15) is 0 Å². The van der Waals surface area contributed by atoms with Crippen molar-refractivity contribution in [2.24, 2.45) is 0 Å². The fourth-order valence-corrected chi connectivity index (χ4v) is 3.64. The number of nitrogens with zero attached hydrogens (tertiary/aromatic N) is 4. The Labute approximate surface area is 235 Å². The molecule has 3 aromatic heterocycles. The summed E-state index contributed by atoms with van der Waals surface area (Å²) in [6.45, 7) is -0.327.